The molecule has 0 radical (unpaired) electrons. The monoisotopic (exact) mass is 388 g/mol. The molecule has 152 valence electrons. The summed E-state index contributed by atoms with van der Waals surface area (Å²) in [4.78, 5) is 2.78. The van der Waals surface area contributed by atoms with Crippen LogP contribution in [0.2, 0.25) is 0 Å². The zero-order chi connectivity index (χ0) is 19.6. The van der Waals surface area contributed by atoms with Gasteiger partial charge in [0.1, 0.15) is 76.2 Å². The fraction of sp³-hybridized carbons (Fsp3) is 0.455. The van der Waals surface area contributed by atoms with Crippen LogP contribution >= 0.6 is 0 Å². The van der Waals surface area contributed by atoms with Gasteiger partial charge in [-0.15, -0.1) is 0 Å². The third-order valence-corrected chi connectivity index (χ3v) is 5.08. The van der Waals surface area contributed by atoms with Gasteiger partial charge in [0.25, 0.3) is 0 Å². The molecule has 2 atom stereocenters. The van der Waals surface area contributed by atoms with Crippen molar-refractivity contribution in [3.05, 3.63) is 60.7 Å². The number of aliphatic hydroxyl groups is 2. The Bertz CT molecular complexity index is 603. The Morgan fingerprint density at radius 1 is 0.643 bits per heavy atom. The van der Waals surface area contributed by atoms with E-state index in [-0.39, 0.29) is 0 Å². The number of para-hydroxylation sites is 2. The Balaban J connectivity index is 1.29. The molecule has 0 saturated carbocycles. The number of quaternary nitrogens is 2. The number of benzene rings is 2. The number of aliphatic hydroxyl groups excluding tert-OH is 2. The lowest BCUT2D eigenvalue weighted by atomic mass is 10.2. The minimum atomic E-state index is -0.471. The molecule has 0 amide bonds. The van der Waals surface area contributed by atoms with E-state index >= 15 is 0 Å². The molecule has 6 nitrogen and oxygen atoms in total. The van der Waals surface area contributed by atoms with Crippen LogP contribution in [-0.4, -0.2) is 74.9 Å². The molecule has 0 aromatic heterocycles. The van der Waals surface area contributed by atoms with Crippen LogP contribution in [0.5, 0.6) is 11.5 Å². The highest BCUT2D eigenvalue weighted by atomic mass is 16.5. The molecule has 1 fully saturated rings. The van der Waals surface area contributed by atoms with Gasteiger partial charge < -0.3 is 29.5 Å². The zero-order valence-electron chi connectivity index (χ0n) is 16.3. The molecule has 1 aliphatic rings. The van der Waals surface area contributed by atoms with E-state index in [1.54, 1.807) is 0 Å². The second kappa shape index (κ2) is 11.0. The predicted molar refractivity (Wildman–Crippen MR) is 107 cm³/mol. The second-order valence-corrected chi connectivity index (χ2v) is 7.46. The van der Waals surface area contributed by atoms with Gasteiger partial charge in [-0.2, -0.15) is 0 Å². The molecule has 1 aliphatic heterocycles. The number of nitrogens with one attached hydrogen (secondary N) is 2. The molecule has 1 heterocycles. The van der Waals surface area contributed by atoms with E-state index in [4.69, 9.17) is 9.47 Å². The number of piperazine rings is 1. The fourth-order valence-electron chi connectivity index (χ4n) is 3.57. The molecule has 1 saturated heterocycles. The van der Waals surface area contributed by atoms with Gasteiger partial charge >= 0.3 is 0 Å². The first-order valence-corrected chi connectivity index (χ1v) is 10.1. The van der Waals surface area contributed by atoms with Crippen molar-refractivity contribution in [1.29, 1.82) is 0 Å². The molecule has 4 N–H and O–H groups in total. The number of hydrogen-bond acceptors (Lipinski definition) is 4. The van der Waals surface area contributed by atoms with Crippen LogP contribution in [0.25, 0.3) is 0 Å². The highest BCUT2D eigenvalue weighted by molar-refractivity contribution is 5.21. The highest BCUT2D eigenvalue weighted by Gasteiger charge is 2.26. The Labute approximate surface area is 166 Å². The molecule has 2 aromatic rings. The van der Waals surface area contributed by atoms with Gasteiger partial charge in [0, 0.05) is 0 Å². The van der Waals surface area contributed by atoms with Crippen molar-refractivity contribution in [3.63, 3.8) is 0 Å². The Hall–Kier alpha value is -2.12. The summed E-state index contributed by atoms with van der Waals surface area (Å²) in [6, 6.07) is 19.2. The smallest absolute Gasteiger partial charge is 0.137 e. The van der Waals surface area contributed by atoms with Gasteiger partial charge in [0.15, 0.2) is 0 Å². The third-order valence-electron chi connectivity index (χ3n) is 5.08. The summed E-state index contributed by atoms with van der Waals surface area (Å²) in [6.07, 6.45) is -0.941. The molecular weight excluding hydrogens is 356 g/mol. The van der Waals surface area contributed by atoms with E-state index in [9.17, 15) is 10.2 Å². The van der Waals surface area contributed by atoms with Crippen molar-refractivity contribution in [2.24, 2.45) is 0 Å². The van der Waals surface area contributed by atoms with Crippen LogP contribution in [0.15, 0.2) is 60.7 Å². The van der Waals surface area contributed by atoms with Crippen LogP contribution in [0, 0.1) is 0 Å². The molecule has 0 bridgehead atoms. The van der Waals surface area contributed by atoms with Gasteiger partial charge in [0.2, 0.25) is 0 Å². The second-order valence-electron chi connectivity index (χ2n) is 7.46. The van der Waals surface area contributed by atoms with Gasteiger partial charge in [-0.1, -0.05) is 36.4 Å². The number of rotatable bonds is 10. The zero-order valence-corrected chi connectivity index (χ0v) is 16.3. The third kappa shape index (κ3) is 7.13. The van der Waals surface area contributed by atoms with Crippen molar-refractivity contribution in [1.82, 2.24) is 0 Å². The van der Waals surface area contributed by atoms with Crippen LogP contribution in [0.3, 0.4) is 0 Å². The van der Waals surface area contributed by atoms with Crippen LogP contribution < -0.4 is 19.3 Å². The van der Waals surface area contributed by atoms with Crippen molar-refractivity contribution in [2.75, 3.05) is 52.5 Å². The Morgan fingerprint density at radius 2 is 1.00 bits per heavy atom. The van der Waals surface area contributed by atoms with Crippen LogP contribution in [-0.2, 0) is 0 Å². The fourth-order valence-corrected chi connectivity index (χ4v) is 3.57. The maximum atomic E-state index is 10.2. The first-order chi connectivity index (χ1) is 13.7. The summed E-state index contributed by atoms with van der Waals surface area (Å²) in [5.74, 6) is 1.58. The first kappa shape index (κ1) is 20.6. The quantitative estimate of drug-likeness (QED) is 0.406. The highest BCUT2D eigenvalue weighted by Crippen LogP contribution is 2.08. The maximum absolute atomic E-state index is 10.2. The van der Waals surface area contributed by atoms with Crippen molar-refractivity contribution in [3.8, 4) is 11.5 Å². The number of ether oxygens (including phenoxy) is 2. The number of hydrogen-bond donors (Lipinski definition) is 4. The normalized spacial score (nSPS) is 21.6. The first-order valence-electron chi connectivity index (χ1n) is 10.1. The average molecular weight is 389 g/mol. The molecule has 28 heavy (non-hydrogen) atoms. The molecule has 2 aromatic carbocycles. The van der Waals surface area contributed by atoms with Crippen molar-refractivity contribution >= 4 is 0 Å². The maximum Gasteiger partial charge on any atom is 0.137 e. The largest absolute Gasteiger partial charge is 0.491 e. The van der Waals surface area contributed by atoms with Gasteiger partial charge in [-0.25, -0.2) is 0 Å². The average Bonchev–Trinajstić information content (AvgIpc) is 2.74. The molecule has 6 heteroatoms. The molecule has 0 spiro atoms. The van der Waals surface area contributed by atoms with E-state index in [1.165, 1.54) is 9.80 Å². The summed E-state index contributed by atoms with van der Waals surface area (Å²) >= 11 is 0. The summed E-state index contributed by atoms with van der Waals surface area (Å²) in [6.45, 7) is 5.99. The van der Waals surface area contributed by atoms with Crippen LogP contribution in [0.4, 0.5) is 0 Å². The van der Waals surface area contributed by atoms with E-state index < -0.39 is 12.2 Å². The lowest BCUT2D eigenvalue weighted by Gasteiger charge is -2.31. The van der Waals surface area contributed by atoms with Crippen molar-refractivity contribution < 1.29 is 29.5 Å². The lowest BCUT2D eigenvalue weighted by molar-refractivity contribution is -1.01. The predicted octanol–water partition coefficient (Wildman–Crippen LogP) is -1.35. The Kier molecular flexibility index (Phi) is 8.11. The molecular formula is C22H32N2O4+2. The molecule has 3 rings (SSSR count). The van der Waals surface area contributed by atoms with E-state index in [0.717, 1.165) is 37.7 Å². The standard InChI is InChI=1S/C22H30N2O4/c25-19(17-27-21-7-3-1-4-8-21)15-23-11-13-24(14-12-23)16-20(26)18-28-22-9-5-2-6-10-22/h1-10,19-20,25-26H,11-18H2/p+2/t19-,20-/m1/s1. The topological polar surface area (TPSA) is 67.8 Å². The van der Waals surface area contributed by atoms with Gasteiger partial charge in [0.05, 0.1) is 0 Å². The van der Waals surface area contributed by atoms with E-state index in [1.807, 2.05) is 60.7 Å². The van der Waals surface area contributed by atoms with Gasteiger partial charge in [-0.05, 0) is 24.3 Å². The summed E-state index contributed by atoms with van der Waals surface area (Å²) < 4.78 is 11.3. The molecule has 0 aliphatic carbocycles. The SMILES string of the molecule is O[C@@H](COc1ccccc1)C[NH+]1CC[NH+](C[C@@H](O)COc2ccccc2)CC1. The van der Waals surface area contributed by atoms with Gasteiger partial charge in [-0.3, -0.25) is 0 Å². The van der Waals surface area contributed by atoms with E-state index in [2.05, 4.69) is 0 Å². The summed E-state index contributed by atoms with van der Waals surface area (Å²) in [5.41, 5.74) is 0. The lowest BCUT2D eigenvalue weighted by Crippen LogP contribution is -3.29. The summed E-state index contributed by atoms with van der Waals surface area (Å²) in [7, 11) is 0. The van der Waals surface area contributed by atoms with Crippen molar-refractivity contribution in [2.45, 2.75) is 12.2 Å². The minimum Gasteiger partial charge on any atom is -0.491 e. The summed E-state index contributed by atoms with van der Waals surface area (Å²) in [5, 5.41) is 20.5. The minimum absolute atomic E-state index is 0.319. The van der Waals surface area contributed by atoms with E-state index in [0.29, 0.717) is 26.3 Å². The molecule has 0 unspecified atom stereocenters. The Morgan fingerprint density at radius 3 is 1.36 bits per heavy atom. The van der Waals surface area contributed by atoms with Crippen LogP contribution in [0.1, 0.15) is 0 Å².